The summed E-state index contributed by atoms with van der Waals surface area (Å²) in [6.45, 7) is 0.674. The second-order valence-electron chi connectivity index (χ2n) is 4.91. The third-order valence-electron chi connectivity index (χ3n) is 3.37. The van der Waals surface area contributed by atoms with Crippen LogP contribution < -0.4 is 5.32 Å². The predicted molar refractivity (Wildman–Crippen MR) is 60.5 cm³/mol. The second kappa shape index (κ2) is 5.49. The van der Waals surface area contributed by atoms with Gasteiger partial charge in [0.15, 0.2) is 6.10 Å². The molecule has 17 heavy (non-hydrogen) atoms. The minimum absolute atomic E-state index is 0.162. The average Bonchev–Trinajstić information content (AvgIpc) is 2.97. The molecule has 1 saturated heterocycles. The third-order valence-corrected chi connectivity index (χ3v) is 3.37. The van der Waals surface area contributed by atoms with Crippen LogP contribution in [-0.4, -0.2) is 35.7 Å². The molecule has 1 heterocycles. The topological polar surface area (TPSA) is 75.6 Å². The maximum absolute atomic E-state index is 11.6. The number of amides is 1. The number of hydrogen-bond donors (Lipinski definition) is 2. The van der Waals surface area contributed by atoms with Crippen molar-refractivity contribution < 1.29 is 19.4 Å². The number of aliphatic carboxylic acids is 1. The van der Waals surface area contributed by atoms with E-state index >= 15 is 0 Å². The van der Waals surface area contributed by atoms with Gasteiger partial charge in [-0.05, 0) is 31.6 Å². The van der Waals surface area contributed by atoms with E-state index in [4.69, 9.17) is 9.84 Å². The molecule has 0 bridgehead atoms. The first-order chi connectivity index (χ1) is 8.16. The van der Waals surface area contributed by atoms with Gasteiger partial charge in [0.1, 0.15) is 6.10 Å². The molecule has 5 nitrogen and oxygen atoms in total. The van der Waals surface area contributed by atoms with Crippen LogP contribution in [0.2, 0.25) is 0 Å². The first kappa shape index (κ1) is 12.4. The molecule has 2 rings (SSSR count). The number of nitrogens with one attached hydrogen (secondary N) is 1. The van der Waals surface area contributed by atoms with Crippen LogP contribution in [0.4, 0.5) is 0 Å². The van der Waals surface area contributed by atoms with Crippen molar-refractivity contribution in [2.45, 2.75) is 50.7 Å². The van der Waals surface area contributed by atoms with E-state index in [1.54, 1.807) is 0 Å². The molecular weight excluding hydrogens is 222 g/mol. The SMILES string of the molecule is O=C(NCCCC1CC1)[C@@H]1CC[C@H](C(=O)O)O1. The fraction of sp³-hybridized carbons (Fsp3) is 0.833. The van der Waals surface area contributed by atoms with Crippen LogP contribution in [0.1, 0.15) is 38.5 Å². The van der Waals surface area contributed by atoms with E-state index in [1.165, 1.54) is 19.3 Å². The van der Waals surface area contributed by atoms with E-state index in [2.05, 4.69) is 5.32 Å². The largest absolute Gasteiger partial charge is 0.479 e. The Morgan fingerprint density at radius 1 is 1.18 bits per heavy atom. The minimum atomic E-state index is -0.978. The van der Waals surface area contributed by atoms with Crippen molar-refractivity contribution in [1.29, 1.82) is 0 Å². The molecular formula is C12H19NO4. The van der Waals surface area contributed by atoms with Gasteiger partial charge in [0.2, 0.25) is 5.91 Å². The summed E-state index contributed by atoms with van der Waals surface area (Å²) in [5.41, 5.74) is 0. The fourth-order valence-corrected chi connectivity index (χ4v) is 2.13. The lowest BCUT2D eigenvalue weighted by Crippen LogP contribution is -2.36. The lowest BCUT2D eigenvalue weighted by atomic mass is 10.2. The maximum atomic E-state index is 11.6. The van der Waals surface area contributed by atoms with Crippen molar-refractivity contribution in [2.75, 3.05) is 6.54 Å². The van der Waals surface area contributed by atoms with Crippen molar-refractivity contribution in [3.05, 3.63) is 0 Å². The molecule has 5 heteroatoms. The Morgan fingerprint density at radius 2 is 1.88 bits per heavy atom. The quantitative estimate of drug-likeness (QED) is 0.678. The third kappa shape index (κ3) is 3.70. The smallest absolute Gasteiger partial charge is 0.332 e. The molecule has 2 fully saturated rings. The van der Waals surface area contributed by atoms with E-state index in [9.17, 15) is 9.59 Å². The Morgan fingerprint density at radius 3 is 2.47 bits per heavy atom. The van der Waals surface area contributed by atoms with Crippen LogP contribution in [0, 0.1) is 5.92 Å². The Hall–Kier alpha value is -1.10. The molecule has 1 saturated carbocycles. The lowest BCUT2D eigenvalue weighted by Gasteiger charge is -2.11. The summed E-state index contributed by atoms with van der Waals surface area (Å²) < 4.78 is 5.16. The standard InChI is InChI=1S/C12H19NO4/c14-11(13-7-1-2-8-3-4-8)9-5-6-10(17-9)12(15)16/h8-10H,1-7H2,(H,13,14)(H,15,16)/t9-,10+/m0/s1. The Balaban J connectivity index is 1.60. The van der Waals surface area contributed by atoms with E-state index in [1.807, 2.05) is 0 Å². The van der Waals surface area contributed by atoms with Crippen LogP contribution in [0.25, 0.3) is 0 Å². The summed E-state index contributed by atoms with van der Waals surface area (Å²) in [5, 5.41) is 11.5. The van der Waals surface area contributed by atoms with Gasteiger partial charge in [-0.1, -0.05) is 12.8 Å². The molecule has 1 aliphatic heterocycles. The molecule has 0 aromatic rings. The normalized spacial score (nSPS) is 28.0. The first-order valence-electron chi connectivity index (χ1n) is 6.33. The van der Waals surface area contributed by atoms with Crippen LogP contribution >= 0.6 is 0 Å². The van der Waals surface area contributed by atoms with E-state index in [0.29, 0.717) is 19.4 Å². The van der Waals surface area contributed by atoms with E-state index < -0.39 is 18.2 Å². The number of carboxylic acids is 1. The van der Waals surface area contributed by atoms with Gasteiger partial charge in [0.25, 0.3) is 0 Å². The molecule has 0 radical (unpaired) electrons. The molecule has 2 atom stereocenters. The molecule has 96 valence electrons. The van der Waals surface area contributed by atoms with Crippen LogP contribution in [0.15, 0.2) is 0 Å². The van der Waals surface area contributed by atoms with Gasteiger partial charge >= 0.3 is 5.97 Å². The summed E-state index contributed by atoms with van der Waals surface area (Å²) in [6.07, 6.45) is 4.41. The molecule has 2 N–H and O–H groups in total. The summed E-state index contributed by atoms with van der Waals surface area (Å²) in [4.78, 5) is 22.3. The number of carboxylic acid groups (broad SMARTS) is 1. The highest BCUT2D eigenvalue weighted by Gasteiger charge is 2.34. The highest BCUT2D eigenvalue weighted by atomic mass is 16.5. The molecule has 0 aromatic carbocycles. The highest BCUT2D eigenvalue weighted by molar-refractivity contribution is 5.82. The molecule has 1 aliphatic carbocycles. The average molecular weight is 241 g/mol. The zero-order valence-electron chi connectivity index (χ0n) is 9.85. The molecule has 0 spiro atoms. The predicted octanol–water partition coefficient (Wildman–Crippen LogP) is 0.925. The number of hydrogen-bond acceptors (Lipinski definition) is 3. The van der Waals surface area contributed by atoms with Gasteiger partial charge in [-0.15, -0.1) is 0 Å². The second-order valence-corrected chi connectivity index (χ2v) is 4.91. The molecule has 2 aliphatic rings. The number of carbonyl (C=O) groups excluding carboxylic acids is 1. The Bertz CT molecular complexity index is 301. The molecule has 1 amide bonds. The summed E-state index contributed by atoms with van der Waals surface area (Å²) >= 11 is 0. The number of carbonyl (C=O) groups is 2. The highest BCUT2D eigenvalue weighted by Crippen LogP contribution is 2.33. The van der Waals surface area contributed by atoms with Gasteiger partial charge in [-0.2, -0.15) is 0 Å². The van der Waals surface area contributed by atoms with Crippen molar-refractivity contribution in [1.82, 2.24) is 5.32 Å². The lowest BCUT2D eigenvalue weighted by molar-refractivity contribution is -0.151. The number of rotatable bonds is 6. The Labute approximate surface area is 101 Å². The fourth-order valence-electron chi connectivity index (χ4n) is 2.13. The van der Waals surface area contributed by atoms with Crippen molar-refractivity contribution >= 4 is 11.9 Å². The van der Waals surface area contributed by atoms with Gasteiger partial charge in [-0.3, -0.25) is 4.79 Å². The molecule has 0 aromatic heterocycles. The monoisotopic (exact) mass is 241 g/mol. The maximum Gasteiger partial charge on any atom is 0.332 e. The summed E-state index contributed by atoms with van der Waals surface area (Å²) in [5.74, 6) is -0.260. The van der Waals surface area contributed by atoms with Crippen LogP contribution in [-0.2, 0) is 14.3 Å². The van der Waals surface area contributed by atoms with E-state index in [0.717, 1.165) is 12.3 Å². The number of ether oxygens (including phenoxy) is 1. The zero-order valence-corrected chi connectivity index (χ0v) is 9.85. The van der Waals surface area contributed by atoms with Gasteiger partial charge < -0.3 is 15.2 Å². The first-order valence-corrected chi connectivity index (χ1v) is 6.33. The van der Waals surface area contributed by atoms with Crippen molar-refractivity contribution in [2.24, 2.45) is 5.92 Å². The van der Waals surface area contributed by atoms with Crippen molar-refractivity contribution in [3.8, 4) is 0 Å². The van der Waals surface area contributed by atoms with Crippen LogP contribution in [0.3, 0.4) is 0 Å². The summed E-state index contributed by atoms with van der Waals surface area (Å²) in [7, 11) is 0. The van der Waals surface area contributed by atoms with Crippen molar-refractivity contribution in [3.63, 3.8) is 0 Å². The Kier molecular flexibility index (Phi) is 3.99. The van der Waals surface area contributed by atoms with Gasteiger partial charge in [0.05, 0.1) is 0 Å². The van der Waals surface area contributed by atoms with Crippen LogP contribution in [0.5, 0.6) is 0 Å². The zero-order chi connectivity index (χ0) is 12.3. The summed E-state index contributed by atoms with van der Waals surface area (Å²) in [6, 6.07) is 0. The van der Waals surface area contributed by atoms with Gasteiger partial charge in [0, 0.05) is 6.54 Å². The minimum Gasteiger partial charge on any atom is -0.479 e. The molecule has 0 unspecified atom stereocenters. The van der Waals surface area contributed by atoms with Gasteiger partial charge in [-0.25, -0.2) is 4.79 Å². The van der Waals surface area contributed by atoms with E-state index in [-0.39, 0.29) is 5.91 Å².